The molecule has 2 heterocycles. The van der Waals surface area contributed by atoms with Crippen LogP contribution >= 0.6 is 0 Å². The van der Waals surface area contributed by atoms with Crippen LogP contribution in [-0.4, -0.2) is 55.7 Å². The molecule has 1 atom stereocenters. The van der Waals surface area contributed by atoms with E-state index in [4.69, 9.17) is 14.2 Å². The normalized spacial score (nSPS) is 18.6. The quantitative estimate of drug-likeness (QED) is 0.757. The predicted octanol–water partition coefficient (Wildman–Crippen LogP) is 3.26. The van der Waals surface area contributed by atoms with E-state index in [-0.39, 0.29) is 12.0 Å². The van der Waals surface area contributed by atoms with Gasteiger partial charge in [-0.3, -0.25) is 9.69 Å². The molecule has 2 aliphatic heterocycles. The third kappa shape index (κ3) is 4.38. The Hall–Kier alpha value is -2.73. The van der Waals surface area contributed by atoms with E-state index in [2.05, 4.69) is 17.9 Å². The molecule has 0 bridgehead atoms. The number of nitrogens with zero attached hydrogens (tertiary/aromatic N) is 2. The maximum absolute atomic E-state index is 13.0. The van der Waals surface area contributed by atoms with Gasteiger partial charge in [-0.05, 0) is 42.7 Å². The third-order valence-electron chi connectivity index (χ3n) is 5.92. The molecule has 0 spiro atoms. The molecule has 4 rings (SSSR count). The lowest BCUT2D eigenvalue weighted by atomic mass is 9.98. The van der Waals surface area contributed by atoms with Crippen molar-refractivity contribution in [3.63, 3.8) is 0 Å². The molecule has 0 fully saturated rings. The van der Waals surface area contributed by atoms with E-state index in [1.54, 1.807) is 14.2 Å². The maximum Gasteiger partial charge on any atom is 0.224 e. The van der Waals surface area contributed by atoms with Crippen LogP contribution < -0.4 is 14.2 Å². The zero-order chi connectivity index (χ0) is 21.1. The fraction of sp³-hybridized carbons (Fsp3) is 0.458. The number of hydrogen-bond acceptors (Lipinski definition) is 5. The minimum absolute atomic E-state index is 0.105. The Morgan fingerprint density at radius 2 is 1.80 bits per heavy atom. The molecule has 0 radical (unpaired) electrons. The van der Waals surface area contributed by atoms with Crippen LogP contribution in [0.3, 0.4) is 0 Å². The molecule has 30 heavy (non-hydrogen) atoms. The Labute approximate surface area is 178 Å². The van der Waals surface area contributed by atoms with Gasteiger partial charge in [-0.15, -0.1) is 0 Å². The molecule has 2 aromatic rings. The fourth-order valence-electron chi connectivity index (χ4n) is 4.35. The van der Waals surface area contributed by atoms with Gasteiger partial charge in [0.1, 0.15) is 11.9 Å². The first kappa shape index (κ1) is 20.5. The highest BCUT2D eigenvalue weighted by Crippen LogP contribution is 2.33. The molecule has 2 aromatic carbocycles. The third-order valence-corrected chi connectivity index (χ3v) is 5.92. The van der Waals surface area contributed by atoms with E-state index in [1.165, 1.54) is 11.1 Å². The first-order valence-electron chi connectivity index (χ1n) is 10.6. The Morgan fingerprint density at radius 3 is 2.57 bits per heavy atom. The number of hydrogen-bond donors (Lipinski definition) is 0. The Morgan fingerprint density at radius 1 is 1.07 bits per heavy atom. The van der Waals surface area contributed by atoms with Crippen molar-refractivity contribution >= 4 is 5.91 Å². The zero-order valence-corrected chi connectivity index (χ0v) is 18.0. The van der Waals surface area contributed by atoms with Crippen LogP contribution in [0.4, 0.5) is 0 Å². The summed E-state index contributed by atoms with van der Waals surface area (Å²) in [6.45, 7) is 5.81. The highest BCUT2D eigenvalue weighted by atomic mass is 16.5. The largest absolute Gasteiger partial charge is 0.493 e. The van der Waals surface area contributed by atoms with Crippen LogP contribution in [0.25, 0.3) is 0 Å². The van der Waals surface area contributed by atoms with Gasteiger partial charge in [0, 0.05) is 44.7 Å². The number of amides is 1. The first-order valence-corrected chi connectivity index (χ1v) is 10.6. The van der Waals surface area contributed by atoms with Crippen LogP contribution in [0.15, 0.2) is 36.4 Å². The lowest BCUT2D eigenvalue weighted by Gasteiger charge is -2.30. The molecule has 0 aliphatic carbocycles. The van der Waals surface area contributed by atoms with Crippen molar-refractivity contribution in [1.82, 2.24) is 9.80 Å². The Kier molecular flexibility index (Phi) is 6.13. The van der Waals surface area contributed by atoms with Crippen LogP contribution in [-0.2, 0) is 24.3 Å². The fourth-order valence-corrected chi connectivity index (χ4v) is 4.35. The number of methoxy groups -OCH3 is 2. The number of ether oxygens (including phenoxy) is 3. The van der Waals surface area contributed by atoms with Crippen LogP contribution in [0.1, 0.15) is 30.0 Å². The number of carbonyl (C=O) groups is 1. The van der Waals surface area contributed by atoms with Crippen LogP contribution in [0.2, 0.25) is 0 Å². The summed E-state index contributed by atoms with van der Waals surface area (Å²) >= 11 is 0. The first-order chi connectivity index (χ1) is 14.6. The summed E-state index contributed by atoms with van der Waals surface area (Å²) in [5, 5.41) is 0. The summed E-state index contributed by atoms with van der Waals surface area (Å²) in [6.07, 6.45) is 1.45. The van der Waals surface area contributed by atoms with Crippen molar-refractivity contribution in [2.24, 2.45) is 0 Å². The van der Waals surface area contributed by atoms with Crippen molar-refractivity contribution < 1.29 is 19.0 Å². The molecule has 2 aliphatic rings. The smallest absolute Gasteiger partial charge is 0.224 e. The van der Waals surface area contributed by atoms with Gasteiger partial charge in [-0.2, -0.15) is 0 Å². The molecule has 160 valence electrons. The van der Waals surface area contributed by atoms with Crippen molar-refractivity contribution in [3.8, 4) is 17.2 Å². The lowest BCUT2D eigenvalue weighted by molar-refractivity contribution is -0.132. The predicted molar refractivity (Wildman–Crippen MR) is 115 cm³/mol. The Balaban J connectivity index is 1.38. The molecule has 1 amide bonds. The van der Waals surface area contributed by atoms with Crippen molar-refractivity contribution in [2.45, 2.75) is 39.0 Å². The number of benzene rings is 2. The second kappa shape index (κ2) is 8.96. The monoisotopic (exact) mass is 410 g/mol. The highest BCUT2D eigenvalue weighted by molar-refractivity contribution is 5.76. The van der Waals surface area contributed by atoms with Crippen molar-refractivity contribution in [2.75, 3.05) is 33.9 Å². The molecule has 6 nitrogen and oxygen atoms in total. The molecule has 1 unspecified atom stereocenters. The van der Waals surface area contributed by atoms with Gasteiger partial charge in [-0.25, -0.2) is 0 Å². The van der Waals surface area contributed by atoms with Crippen LogP contribution in [0, 0.1) is 0 Å². The molecular weight excluding hydrogens is 380 g/mol. The van der Waals surface area contributed by atoms with E-state index in [0.29, 0.717) is 18.7 Å². The summed E-state index contributed by atoms with van der Waals surface area (Å²) in [5.74, 6) is 2.61. The zero-order valence-electron chi connectivity index (χ0n) is 18.0. The summed E-state index contributed by atoms with van der Waals surface area (Å²) < 4.78 is 16.9. The molecule has 6 heteroatoms. The van der Waals surface area contributed by atoms with E-state index in [0.717, 1.165) is 49.7 Å². The minimum atomic E-state index is 0.105. The summed E-state index contributed by atoms with van der Waals surface area (Å²) in [6, 6.07) is 12.2. The lowest BCUT2D eigenvalue weighted by Crippen LogP contribution is -2.39. The average Bonchev–Trinajstić information content (AvgIpc) is 2.93. The summed E-state index contributed by atoms with van der Waals surface area (Å²) in [4.78, 5) is 17.2. The van der Waals surface area contributed by atoms with E-state index in [9.17, 15) is 4.79 Å². The molecular formula is C24H30N2O4. The average molecular weight is 411 g/mol. The van der Waals surface area contributed by atoms with E-state index >= 15 is 0 Å². The van der Waals surface area contributed by atoms with Crippen molar-refractivity contribution in [1.29, 1.82) is 0 Å². The van der Waals surface area contributed by atoms with Gasteiger partial charge >= 0.3 is 0 Å². The minimum Gasteiger partial charge on any atom is -0.493 e. The van der Waals surface area contributed by atoms with Gasteiger partial charge in [0.25, 0.3) is 0 Å². The van der Waals surface area contributed by atoms with E-state index in [1.807, 2.05) is 35.2 Å². The summed E-state index contributed by atoms with van der Waals surface area (Å²) in [7, 11) is 3.29. The number of rotatable bonds is 5. The highest BCUT2D eigenvalue weighted by Gasteiger charge is 2.25. The SMILES string of the molecule is COc1cc2c(cc1OC)CN(C(=O)CCN1Cc3ccccc3OC(C)C1)CC2. The van der Waals surface area contributed by atoms with Gasteiger partial charge in [-0.1, -0.05) is 18.2 Å². The standard InChI is InChI=1S/C24H30N2O4/c1-17-14-25(15-19-6-4-5-7-21(19)30-17)10-9-24(27)26-11-8-18-12-22(28-2)23(29-3)13-20(18)16-26/h4-7,12-13,17H,8-11,14-16H2,1-3H3. The second-order valence-corrected chi connectivity index (χ2v) is 8.06. The van der Waals surface area contributed by atoms with Crippen LogP contribution in [0.5, 0.6) is 17.2 Å². The molecule has 0 saturated heterocycles. The van der Waals surface area contributed by atoms with E-state index < -0.39 is 0 Å². The van der Waals surface area contributed by atoms with Gasteiger partial charge in [0.15, 0.2) is 11.5 Å². The molecule has 0 aromatic heterocycles. The number of fused-ring (bicyclic) bond motifs is 2. The van der Waals surface area contributed by atoms with Gasteiger partial charge in [0.2, 0.25) is 5.91 Å². The molecule has 0 N–H and O–H groups in total. The topological polar surface area (TPSA) is 51.2 Å². The number of carbonyl (C=O) groups excluding carboxylic acids is 1. The Bertz CT molecular complexity index is 914. The van der Waals surface area contributed by atoms with Gasteiger partial charge in [0.05, 0.1) is 14.2 Å². The maximum atomic E-state index is 13.0. The summed E-state index contributed by atoms with van der Waals surface area (Å²) in [5.41, 5.74) is 3.55. The van der Waals surface area contributed by atoms with Crippen molar-refractivity contribution in [3.05, 3.63) is 53.1 Å². The second-order valence-electron chi connectivity index (χ2n) is 8.06. The van der Waals surface area contributed by atoms with Gasteiger partial charge < -0.3 is 19.1 Å². The number of para-hydroxylation sites is 1. The molecule has 0 saturated carbocycles.